The van der Waals surface area contributed by atoms with E-state index in [9.17, 15) is 4.79 Å². The molecule has 9 atom stereocenters. The maximum Gasteiger partial charge on any atom is 0.332 e. The topological polar surface area (TPSA) is 67.5 Å². The smallest absolute Gasteiger partial charge is 0.332 e. The fourth-order valence-electron chi connectivity index (χ4n) is 6.44. The fourth-order valence-corrected chi connectivity index (χ4v) is 8.26. The lowest BCUT2D eigenvalue weighted by Gasteiger charge is -2.36. The summed E-state index contributed by atoms with van der Waals surface area (Å²) in [5.41, 5.74) is 7.26. The molecule has 0 aromatic heterocycles. The highest BCUT2D eigenvalue weighted by atomic mass is 127. The van der Waals surface area contributed by atoms with Crippen LogP contribution in [0.1, 0.15) is 6.42 Å². The quantitative estimate of drug-likeness (QED) is 0.413. The first-order valence-electron chi connectivity index (χ1n) is 6.52. The summed E-state index contributed by atoms with van der Waals surface area (Å²) < 4.78 is 15.6. The first-order chi connectivity index (χ1) is 8.56. The molecule has 18 heavy (non-hydrogen) atoms. The Labute approximate surface area is 117 Å². The van der Waals surface area contributed by atoms with E-state index in [2.05, 4.69) is 33.1 Å². The Morgan fingerprint density at radius 3 is 2.94 bits per heavy atom. The van der Waals surface area contributed by atoms with Crippen molar-refractivity contribution in [3.8, 4) is 0 Å². The minimum absolute atomic E-state index is 0.0324. The number of nitrogens with one attached hydrogen (secondary N) is 1. The van der Waals surface area contributed by atoms with Gasteiger partial charge in [-0.3, -0.25) is 0 Å². The normalized spacial score (nSPS) is 66.9. The van der Waals surface area contributed by atoms with E-state index in [4.69, 9.17) is 5.73 Å². The van der Waals surface area contributed by atoms with E-state index < -0.39 is 11.7 Å². The molecule has 6 aliphatic rings. The Morgan fingerprint density at radius 1 is 1.50 bits per heavy atom. The SMILES string of the molecule is NC(=O)NN=C1[C@H]2[C@H]3C[C@H]4[C@H]5[C@@H]3[C@H]1[C@](F)([C@H]42)[C@@H]5I. The molecule has 3 N–H and O–H groups in total. The molecule has 6 rings (SSSR count). The van der Waals surface area contributed by atoms with Crippen LogP contribution in [-0.2, 0) is 0 Å². The van der Waals surface area contributed by atoms with Gasteiger partial charge in [0.2, 0.25) is 0 Å². The lowest BCUT2D eigenvalue weighted by atomic mass is 9.70. The van der Waals surface area contributed by atoms with Crippen LogP contribution in [-0.4, -0.2) is 21.3 Å². The third kappa shape index (κ3) is 0.750. The van der Waals surface area contributed by atoms with Gasteiger partial charge >= 0.3 is 6.03 Å². The molecule has 0 saturated heterocycles. The Balaban J connectivity index is 1.67. The fraction of sp³-hybridized carbons (Fsp3) is 0.833. The second-order valence-electron chi connectivity index (χ2n) is 6.49. The summed E-state index contributed by atoms with van der Waals surface area (Å²) in [7, 11) is 0. The van der Waals surface area contributed by atoms with Crippen LogP contribution in [0.15, 0.2) is 5.10 Å². The van der Waals surface area contributed by atoms with Crippen LogP contribution in [0, 0.1) is 41.4 Å². The summed E-state index contributed by atoms with van der Waals surface area (Å²) in [5.74, 6) is 2.70. The van der Waals surface area contributed by atoms with Crippen LogP contribution in [0.2, 0.25) is 0 Å². The van der Waals surface area contributed by atoms with Crippen molar-refractivity contribution < 1.29 is 9.18 Å². The second-order valence-corrected chi connectivity index (χ2v) is 7.83. The van der Waals surface area contributed by atoms with Gasteiger partial charge in [0.15, 0.2) is 0 Å². The zero-order chi connectivity index (χ0) is 12.4. The Kier molecular flexibility index (Phi) is 1.57. The van der Waals surface area contributed by atoms with E-state index in [1.54, 1.807) is 0 Å². The van der Waals surface area contributed by atoms with Crippen molar-refractivity contribution in [2.75, 3.05) is 0 Å². The molecule has 0 aromatic rings. The number of nitrogens with two attached hydrogens (primary N) is 1. The van der Waals surface area contributed by atoms with Crippen LogP contribution in [0.3, 0.4) is 0 Å². The van der Waals surface area contributed by atoms with Crippen LogP contribution >= 0.6 is 22.6 Å². The van der Waals surface area contributed by atoms with Gasteiger partial charge in [0.1, 0.15) is 5.67 Å². The van der Waals surface area contributed by atoms with Crippen LogP contribution in [0.25, 0.3) is 0 Å². The molecule has 4 nitrogen and oxygen atoms in total. The summed E-state index contributed by atoms with van der Waals surface area (Å²) in [6.07, 6.45) is 1.18. The van der Waals surface area contributed by atoms with E-state index in [-0.39, 0.29) is 21.7 Å². The number of rotatable bonds is 1. The standard InChI is InChI=1S/C12H13FIN3O/c13-12-7-3-1-2-4(5(3)10(12)14)8(12)9(6(2)7)16-17-11(15)18/h2-8,10H,1H2,(H3,15,17,18)/t2-,3-,4+,5-,6-,7+,8+,10+,12+/m0/s1. The summed E-state index contributed by atoms with van der Waals surface area (Å²) in [6, 6.07) is -0.653. The summed E-state index contributed by atoms with van der Waals surface area (Å²) in [4.78, 5) is 10.8. The predicted octanol–water partition coefficient (Wildman–Crippen LogP) is 1.29. The van der Waals surface area contributed by atoms with Crippen LogP contribution < -0.4 is 11.2 Å². The number of carbonyl (C=O) groups is 1. The van der Waals surface area contributed by atoms with Crippen molar-refractivity contribution in [3.05, 3.63) is 0 Å². The molecule has 0 heterocycles. The predicted molar refractivity (Wildman–Crippen MR) is 70.8 cm³/mol. The summed E-state index contributed by atoms with van der Waals surface area (Å²) in [5, 5.41) is 4.17. The van der Waals surface area contributed by atoms with E-state index in [1.165, 1.54) is 6.42 Å². The highest BCUT2D eigenvalue weighted by molar-refractivity contribution is 14.1. The van der Waals surface area contributed by atoms with Crippen molar-refractivity contribution in [3.63, 3.8) is 0 Å². The lowest BCUT2D eigenvalue weighted by Crippen LogP contribution is -2.42. The highest BCUT2D eigenvalue weighted by Crippen LogP contribution is 2.85. The highest BCUT2D eigenvalue weighted by Gasteiger charge is 2.89. The van der Waals surface area contributed by atoms with E-state index in [1.807, 2.05) is 0 Å². The molecule has 6 aliphatic carbocycles. The van der Waals surface area contributed by atoms with Crippen LogP contribution in [0.4, 0.5) is 9.18 Å². The largest absolute Gasteiger partial charge is 0.350 e. The molecule has 96 valence electrons. The van der Waals surface area contributed by atoms with Crippen molar-refractivity contribution in [2.24, 2.45) is 52.3 Å². The molecule has 0 radical (unpaired) electrons. The Bertz CT molecular complexity index is 523. The number of hydrazone groups is 1. The number of primary amides is 1. The third-order valence-electron chi connectivity index (χ3n) is 6.38. The molecule has 6 fully saturated rings. The van der Waals surface area contributed by atoms with Gasteiger partial charge in [0.05, 0.1) is 0 Å². The molecular weight excluding hydrogens is 348 g/mol. The van der Waals surface area contributed by atoms with Gasteiger partial charge in [-0.25, -0.2) is 14.6 Å². The van der Waals surface area contributed by atoms with Gasteiger partial charge in [-0.05, 0) is 30.1 Å². The van der Waals surface area contributed by atoms with Gasteiger partial charge in [-0.1, -0.05) is 22.6 Å². The molecule has 0 spiro atoms. The molecule has 0 unspecified atom stereocenters. The average Bonchev–Trinajstić information content (AvgIpc) is 2.99. The number of nitrogens with zero attached hydrogens (tertiary/aromatic N) is 1. The van der Waals surface area contributed by atoms with Gasteiger partial charge < -0.3 is 5.73 Å². The number of hydrogen-bond donors (Lipinski definition) is 2. The Morgan fingerprint density at radius 2 is 2.28 bits per heavy atom. The molecule has 6 bridgehead atoms. The second kappa shape index (κ2) is 2.71. The van der Waals surface area contributed by atoms with E-state index >= 15 is 4.39 Å². The number of urea groups is 1. The molecular formula is C12H13FIN3O. The zero-order valence-electron chi connectivity index (χ0n) is 9.51. The van der Waals surface area contributed by atoms with Gasteiger partial charge in [0, 0.05) is 27.4 Å². The molecule has 0 aromatic carbocycles. The van der Waals surface area contributed by atoms with Gasteiger partial charge in [0.25, 0.3) is 0 Å². The van der Waals surface area contributed by atoms with Crippen molar-refractivity contribution in [1.29, 1.82) is 0 Å². The molecule has 0 aliphatic heterocycles. The third-order valence-corrected chi connectivity index (χ3v) is 8.16. The summed E-state index contributed by atoms with van der Waals surface area (Å²) in [6.45, 7) is 0. The number of halogens is 2. The number of carbonyl (C=O) groups excluding carboxylic acids is 1. The molecule has 6 heteroatoms. The van der Waals surface area contributed by atoms with Gasteiger partial charge in [-0.15, -0.1) is 0 Å². The van der Waals surface area contributed by atoms with E-state index in [0.29, 0.717) is 23.7 Å². The van der Waals surface area contributed by atoms with Gasteiger partial charge in [-0.2, -0.15) is 5.10 Å². The Hall–Kier alpha value is -0.400. The average molecular weight is 361 g/mol. The van der Waals surface area contributed by atoms with Crippen molar-refractivity contribution >= 4 is 34.3 Å². The maximum absolute atomic E-state index is 15.4. The lowest BCUT2D eigenvalue weighted by molar-refractivity contribution is 0.0218. The first-order valence-corrected chi connectivity index (χ1v) is 7.77. The number of amides is 2. The number of alkyl halides is 2. The minimum atomic E-state index is -1.05. The minimum Gasteiger partial charge on any atom is -0.350 e. The van der Waals surface area contributed by atoms with Crippen molar-refractivity contribution in [2.45, 2.75) is 16.0 Å². The monoisotopic (exact) mass is 361 g/mol. The molecule has 6 saturated carbocycles. The van der Waals surface area contributed by atoms with E-state index in [0.717, 1.165) is 5.71 Å². The zero-order valence-corrected chi connectivity index (χ0v) is 11.7. The maximum atomic E-state index is 15.4. The van der Waals surface area contributed by atoms with Crippen molar-refractivity contribution in [1.82, 2.24) is 5.43 Å². The number of hydrogen-bond acceptors (Lipinski definition) is 2. The first kappa shape index (κ1) is 10.4. The molecule has 2 amide bonds. The summed E-state index contributed by atoms with van der Waals surface area (Å²) >= 11 is 2.33. The van der Waals surface area contributed by atoms with Crippen LogP contribution in [0.5, 0.6) is 0 Å².